The van der Waals surface area contributed by atoms with Crippen LogP contribution in [0, 0.1) is 0 Å². The lowest BCUT2D eigenvalue weighted by Crippen LogP contribution is -1.83. The lowest BCUT2D eigenvalue weighted by Gasteiger charge is -1.99. The summed E-state index contributed by atoms with van der Waals surface area (Å²) in [5.41, 5.74) is 0. The van der Waals surface area contributed by atoms with Crippen LogP contribution >= 0.6 is 19.4 Å². The number of thiocarbonyl (C=S) groups is 1. The van der Waals surface area contributed by atoms with Crippen molar-refractivity contribution in [3.05, 3.63) is 0 Å². The maximum atomic E-state index is 10.8. The van der Waals surface area contributed by atoms with Gasteiger partial charge in [-0.2, -0.15) is 0 Å². The zero-order valence-corrected chi connectivity index (χ0v) is 6.47. The Hall–Kier alpha value is 0.320. The van der Waals surface area contributed by atoms with E-state index in [0.29, 0.717) is 4.61 Å². The molecule has 0 aromatic carbocycles. The highest BCUT2D eigenvalue weighted by molar-refractivity contribution is 8.00. The molecular formula is C4H9OPS. The molecule has 0 atom stereocenters. The molecule has 0 amide bonds. The van der Waals surface area contributed by atoms with Crippen LogP contribution in [0.15, 0.2) is 0 Å². The summed E-state index contributed by atoms with van der Waals surface area (Å²) in [5.74, 6) is 0. The first-order chi connectivity index (χ1) is 2.94. The predicted octanol–water partition coefficient (Wildman–Crippen LogP) is 1.96. The largest absolute Gasteiger partial charge is 0.319 e. The van der Waals surface area contributed by atoms with E-state index in [0.717, 1.165) is 0 Å². The van der Waals surface area contributed by atoms with Crippen molar-refractivity contribution in [2.75, 3.05) is 13.3 Å². The molecule has 0 aliphatic rings. The van der Waals surface area contributed by atoms with E-state index in [1.54, 1.807) is 20.3 Å². The summed E-state index contributed by atoms with van der Waals surface area (Å²) in [7, 11) is -2.01. The zero-order valence-electron chi connectivity index (χ0n) is 4.76. The summed E-state index contributed by atoms with van der Waals surface area (Å²) in [6.45, 7) is 5.07. The van der Waals surface area contributed by atoms with E-state index in [4.69, 9.17) is 0 Å². The molecule has 0 fully saturated rings. The molecule has 0 aliphatic carbocycles. The zero-order chi connectivity index (χ0) is 6.08. The van der Waals surface area contributed by atoms with Gasteiger partial charge in [0.1, 0.15) is 7.14 Å². The van der Waals surface area contributed by atoms with Gasteiger partial charge in [0.25, 0.3) is 0 Å². The Morgan fingerprint density at radius 2 is 1.71 bits per heavy atom. The SMILES string of the molecule is CC(=S)P(C)(C)=O. The number of hydrogen-bond donors (Lipinski definition) is 0. The van der Waals surface area contributed by atoms with Crippen molar-refractivity contribution >= 4 is 24.0 Å². The van der Waals surface area contributed by atoms with Crippen molar-refractivity contribution < 1.29 is 4.57 Å². The second-order valence-electron chi connectivity index (χ2n) is 1.87. The molecule has 0 unspecified atom stereocenters. The number of hydrogen-bond acceptors (Lipinski definition) is 2. The van der Waals surface area contributed by atoms with Crippen molar-refractivity contribution in [3.63, 3.8) is 0 Å². The van der Waals surface area contributed by atoms with E-state index < -0.39 is 7.14 Å². The monoisotopic (exact) mass is 136 g/mol. The van der Waals surface area contributed by atoms with E-state index in [2.05, 4.69) is 12.2 Å². The van der Waals surface area contributed by atoms with Crippen LogP contribution in [0.25, 0.3) is 0 Å². The van der Waals surface area contributed by atoms with Gasteiger partial charge in [-0.3, -0.25) is 0 Å². The Kier molecular flexibility index (Phi) is 2.15. The van der Waals surface area contributed by atoms with Crippen LogP contribution in [-0.2, 0) is 4.57 Å². The molecule has 0 N–H and O–H groups in total. The molecule has 7 heavy (non-hydrogen) atoms. The lowest BCUT2D eigenvalue weighted by atomic mass is 11.0. The van der Waals surface area contributed by atoms with Crippen molar-refractivity contribution in [1.82, 2.24) is 0 Å². The molecular weight excluding hydrogens is 127 g/mol. The average Bonchev–Trinajstić information content (AvgIpc) is 1.31. The molecule has 0 aromatic rings. The van der Waals surface area contributed by atoms with Gasteiger partial charge in [-0.1, -0.05) is 12.2 Å². The van der Waals surface area contributed by atoms with Crippen molar-refractivity contribution in [3.8, 4) is 0 Å². The Morgan fingerprint density at radius 1 is 1.57 bits per heavy atom. The van der Waals surface area contributed by atoms with Gasteiger partial charge in [0, 0.05) is 4.61 Å². The molecule has 0 saturated carbocycles. The maximum Gasteiger partial charge on any atom is 0.115 e. The van der Waals surface area contributed by atoms with Crippen LogP contribution in [0.1, 0.15) is 6.92 Å². The Balaban J connectivity index is 4.09. The Labute approximate surface area is 49.5 Å². The highest BCUT2D eigenvalue weighted by Crippen LogP contribution is 2.37. The highest BCUT2D eigenvalue weighted by Gasteiger charge is 2.06. The van der Waals surface area contributed by atoms with Crippen LogP contribution in [0.4, 0.5) is 0 Å². The quantitative estimate of drug-likeness (QED) is 0.405. The first kappa shape index (κ1) is 7.32. The molecule has 0 aromatic heterocycles. The maximum absolute atomic E-state index is 10.8. The third-order valence-electron chi connectivity index (χ3n) is 0.758. The summed E-state index contributed by atoms with van der Waals surface area (Å²) >= 11 is 4.67. The summed E-state index contributed by atoms with van der Waals surface area (Å²) in [4.78, 5) is 0. The van der Waals surface area contributed by atoms with Crippen molar-refractivity contribution in [2.24, 2.45) is 0 Å². The smallest absolute Gasteiger partial charge is 0.115 e. The van der Waals surface area contributed by atoms with Gasteiger partial charge in [-0.25, -0.2) is 0 Å². The molecule has 0 heterocycles. The minimum atomic E-state index is -2.01. The van der Waals surface area contributed by atoms with E-state index in [-0.39, 0.29) is 0 Å². The third kappa shape index (κ3) is 2.95. The van der Waals surface area contributed by atoms with Crippen LogP contribution in [0.2, 0.25) is 0 Å². The summed E-state index contributed by atoms with van der Waals surface area (Å²) in [5, 5.41) is 0. The molecule has 0 aliphatic heterocycles. The van der Waals surface area contributed by atoms with Gasteiger partial charge in [0.05, 0.1) is 0 Å². The third-order valence-corrected chi connectivity index (χ3v) is 3.59. The first-order valence-corrected chi connectivity index (χ1v) is 5.01. The molecule has 0 bridgehead atoms. The lowest BCUT2D eigenvalue weighted by molar-refractivity contribution is 0.590. The minimum absolute atomic E-state index is 0.632. The molecule has 3 heteroatoms. The van der Waals surface area contributed by atoms with E-state index in [1.165, 1.54) is 0 Å². The highest BCUT2D eigenvalue weighted by atomic mass is 32.1. The van der Waals surface area contributed by atoms with Crippen LogP contribution < -0.4 is 0 Å². The summed E-state index contributed by atoms with van der Waals surface area (Å²) in [6.07, 6.45) is 0. The summed E-state index contributed by atoms with van der Waals surface area (Å²) < 4.78 is 11.4. The summed E-state index contributed by atoms with van der Waals surface area (Å²) in [6, 6.07) is 0. The van der Waals surface area contributed by atoms with Gasteiger partial charge in [0.2, 0.25) is 0 Å². The van der Waals surface area contributed by atoms with Crippen molar-refractivity contribution in [1.29, 1.82) is 0 Å². The van der Waals surface area contributed by atoms with Gasteiger partial charge < -0.3 is 4.57 Å². The number of rotatable bonds is 1. The van der Waals surface area contributed by atoms with Gasteiger partial charge in [0.15, 0.2) is 0 Å². The Bertz CT molecular complexity index is 124. The van der Waals surface area contributed by atoms with E-state index in [1.807, 2.05) is 0 Å². The normalized spacial score (nSPS) is 11.3. The molecule has 0 rings (SSSR count). The average molecular weight is 136 g/mol. The fourth-order valence-electron chi connectivity index (χ4n) is 0. The minimum Gasteiger partial charge on any atom is -0.319 e. The molecule has 0 spiro atoms. The second kappa shape index (κ2) is 2.06. The van der Waals surface area contributed by atoms with Gasteiger partial charge in [-0.15, -0.1) is 0 Å². The molecule has 0 radical (unpaired) electrons. The molecule has 0 saturated heterocycles. The van der Waals surface area contributed by atoms with Gasteiger partial charge >= 0.3 is 0 Å². The van der Waals surface area contributed by atoms with Crippen LogP contribution in [0.3, 0.4) is 0 Å². The van der Waals surface area contributed by atoms with E-state index in [9.17, 15) is 4.57 Å². The molecule has 42 valence electrons. The van der Waals surface area contributed by atoms with Crippen LogP contribution in [-0.4, -0.2) is 17.9 Å². The predicted molar refractivity (Wildman–Crippen MR) is 37.7 cm³/mol. The topological polar surface area (TPSA) is 17.1 Å². The fourth-order valence-corrected chi connectivity index (χ4v) is 0. The Morgan fingerprint density at radius 3 is 1.71 bits per heavy atom. The second-order valence-corrected chi connectivity index (χ2v) is 6.16. The van der Waals surface area contributed by atoms with Crippen molar-refractivity contribution in [2.45, 2.75) is 6.92 Å². The van der Waals surface area contributed by atoms with Crippen LogP contribution in [0.5, 0.6) is 0 Å². The first-order valence-electron chi connectivity index (χ1n) is 2.00. The van der Waals surface area contributed by atoms with Gasteiger partial charge in [-0.05, 0) is 20.3 Å². The fraction of sp³-hybridized carbons (Fsp3) is 0.750. The standard InChI is InChI=1S/C4H9OPS/c1-4(7)6(2,3)5/h1-3H3. The molecule has 1 nitrogen and oxygen atoms in total. The van der Waals surface area contributed by atoms with E-state index >= 15 is 0 Å².